The number of benzene rings is 2. The number of nitrogens with one attached hydrogen (secondary N) is 1. The number of primary amides is 1. The third-order valence-electron chi connectivity index (χ3n) is 3.97. The summed E-state index contributed by atoms with van der Waals surface area (Å²) in [5, 5.41) is 2.77. The van der Waals surface area contributed by atoms with Gasteiger partial charge < -0.3 is 11.1 Å². The molecule has 0 radical (unpaired) electrons. The molecule has 1 atom stereocenters. The average Bonchev–Trinajstić information content (AvgIpc) is 2.55. The Kier molecular flexibility index (Phi) is 4.04. The zero-order chi connectivity index (χ0) is 17.3. The molecule has 3 N–H and O–H groups in total. The summed E-state index contributed by atoms with van der Waals surface area (Å²) in [5.74, 6) is -1.03. The van der Waals surface area contributed by atoms with Crippen LogP contribution in [0.2, 0.25) is 0 Å². The van der Waals surface area contributed by atoms with Crippen molar-refractivity contribution in [3.8, 4) is 0 Å². The molecule has 6 heteroatoms. The minimum atomic E-state index is -0.712. The SMILES string of the molecule is CC1=C(C(N)=O)C(c2ccc(F)cc2)NC(=O)N1c1ccccc1. The minimum Gasteiger partial charge on any atom is -0.366 e. The van der Waals surface area contributed by atoms with Crippen molar-refractivity contribution in [2.24, 2.45) is 5.73 Å². The van der Waals surface area contributed by atoms with Gasteiger partial charge in [-0.25, -0.2) is 9.18 Å². The van der Waals surface area contributed by atoms with Gasteiger partial charge in [0.25, 0.3) is 0 Å². The number of hydrogen-bond acceptors (Lipinski definition) is 2. The Bertz CT molecular complexity index is 816. The highest BCUT2D eigenvalue weighted by Crippen LogP contribution is 2.33. The van der Waals surface area contributed by atoms with Crippen LogP contribution in [0.4, 0.5) is 14.9 Å². The summed E-state index contributed by atoms with van der Waals surface area (Å²) >= 11 is 0. The molecule has 1 aliphatic rings. The highest BCUT2D eigenvalue weighted by molar-refractivity contribution is 6.04. The number of allylic oxidation sites excluding steroid dienone is 1. The molecule has 0 spiro atoms. The fourth-order valence-electron chi connectivity index (χ4n) is 2.86. The van der Waals surface area contributed by atoms with Gasteiger partial charge in [0.1, 0.15) is 5.82 Å². The molecule has 2 aromatic carbocycles. The third kappa shape index (κ3) is 2.74. The summed E-state index contributed by atoms with van der Waals surface area (Å²) in [4.78, 5) is 26.0. The van der Waals surface area contributed by atoms with Crippen LogP contribution >= 0.6 is 0 Å². The molecule has 0 saturated carbocycles. The Labute approximate surface area is 138 Å². The summed E-state index contributed by atoms with van der Waals surface area (Å²) in [6, 6.07) is 13.5. The molecular formula is C18H16FN3O2. The van der Waals surface area contributed by atoms with E-state index in [-0.39, 0.29) is 11.6 Å². The second-order valence-electron chi connectivity index (χ2n) is 5.47. The molecule has 5 nitrogen and oxygen atoms in total. The summed E-state index contributed by atoms with van der Waals surface area (Å²) in [5.41, 5.74) is 7.49. The van der Waals surface area contributed by atoms with Gasteiger partial charge in [0.15, 0.2) is 0 Å². The number of nitrogens with zero attached hydrogens (tertiary/aromatic N) is 1. The van der Waals surface area contributed by atoms with Crippen LogP contribution in [0.5, 0.6) is 0 Å². The van der Waals surface area contributed by atoms with Crippen LogP contribution < -0.4 is 16.0 Å². The number of anilines is 1. The number of rotatable bonds is 3. The van der Waals surface area contributed by atoms with E-state index in [4.69, 9.17) is 5.73 Å². The fraction of sp³-hybridized carbons (Fsp3) is 0.111. The largest absolute Gasteiger partial charge is 0.366 e. The normalized spacial score (nSPS) is 17.7. The lowest BCUT2D eigenvalue weighted by Crippen LogP contribution is -2.48. The lowest BCUT2D eigenvalue weighted by atomic mass is 9.94. The van der Waals surface area contributed by atoms with Crippen LogP contribution in [-0.2, 0) is 4.79 Å². The van der Waals surface area contributed by atoms with Crippen molar-refractivity contribution in [1.82, 2.24) is 5.32 Å². The highest BCUT2D eigenvalue weighted by Gasteiger charge is 2.35. The van der Waals surface area contributed by atoms with Crippen molar-refractivity contribution >= 4 is 17.6 Å². The predicted octanol–water partition coefficient (Wildman–Crippen LogP) is 2.86. The average molecular weight is 325 g/mol. The first-order valence-electron chi connectivity index (χ1n) is 7.40. The molecule has 0 aromatic heterocycles. The van der Waals surface area contributed by atoms with Crippen LogP contribution in [0.3, 0.4) is 0 Å². The van der Waals surface area contributed by atoms with Gasteiger partial charge in [-0.3, -0.25) is 9.69 Å². The van der Waals surface area contributed by atoms with Crippen LogP contribution in [-0.4, -0.2) is 11.9 Å². The summed E-state index contributed by atoms with van der Waals surface area (Å²) in [6.45, 7) is 1.67. The van der Waals surface area contributed by atoms with E-state index in [1.807, 2.05) is 6.07 Å². The molecule has 2 aromatic rings. The van der Waals surface area contributed by atoms with Crippen molar-refractivity contribution in [1.29, 1.82) is 0 Å². The van der Waals surface area contributed by atoms with Crippen molar-refractivity contribution in [2.75, 3.05) is 4.90 Å². The van der Waals surface area contributed by atoms with Gasteiger partial charge in [-0.2, -0.15) is 0 Å². The van der Waals surface area contributed by atoms with E-state index in [0.29, 0.717) is 16.9 Å². The standard InChI is InChI=1S/C18H16FN3O2/c1-11-15(17(20)23)16(12-7-9-13(19)10-8-12)21-18(24)22(11)14-5-3-2-4-6-14/h2-10,16H,1H3,(H2,20,23)(H,21,24). The minimum absolute atomic E-state index is 0.269. The van der Waals surface area contributed by atoms with E-state index in [1.54, 1.807) is 31.2 Å². The number of hydrogen-bond donors (Lipinski definition) is 2. The molecule has 0 bridgehead atoms. The Morgan fingerprint density at radius 1 is 1.12 bits per heavy atom. The third-order valence-corrected chi connectivity index (χ3v) is 3.97. The number of nitrogens with two attached hydrogens (primary N) is 1. The number of halogens is 1. The number of amides is 3. The lowest BCUT2D eigenvalue weighted by molar-refractivity contribution is -0.115. The monoisotopic (exact) mass is 325 g/mol. The van der Waals surface area contributed by atoms with E-state index >= 15 is 0 Å². The maximum Gasteiger partial charge on any atom is 0.326 e. The van der Waals surface area contributed by atoms with E-state index in [2.05, 4.69) is 5.32 Å². The van der Waals surface area contributed by atoms with E-state index < -0.39 is 17.8 Å². The number of carbonyl (C=O) groups is 2. The van der Waals surface area contributed by atoms with Gasteiger partial charge in [-0.1, -0.05) is 30.3 Å². The molecule has 0 aliphatic carbocycles. The smallest absolute Gasteiger partial charge is 0.326 e. The van der Waals surface area contributed by atoms with Crippen molar-refractivity contribution < 1.29 is 14.0 Å². The second kappa shape index (κ2) is 6.16. The van der Waals surface area contributed by atoms with Crippen LogP contribution in [0, 0.1) is 5.82 Å². The molecule has 24 heavy (non-hydrogen) atoms. The fourth-order valence-corrected chi connectivity index (χ4v) is 2.86. The van der Waals surface area contributed by atoms with Gasteiger partial charge in [0.05, 0.1) is 17.3 Å². The van der Waals surface area contributed by atoms with Crippen molar-refractivity contribution in [3.05, 3.63) is 77.2 Å². The number of urea groups is 1. The maximum atomic E-state index is 13.1. The van der Waals surface area contributed by atoms with E-state index in [1.165, 1.54) is 29.2 Å². The van der Waals surface area contributed by atoms with Gasteiger partial charge in [-0.05, 0) is 36.8 Å². The molecule has 3 amide bonds. The zero-order valence-electron chi connectivity index (χ0n) is 13.0. The molecule has 3 rings (SSSR count). The molecular weight excluding hydrogens is 309 g/mol. The molecule has 122 valence electrons. The molecule has 0 fully saturated rings. The number of para-hydroxylation sites is 1. The molecule has 1 aliphatic heterocycles. The van der Waals surface area contributed by atoms with E-state index in [0.717, 1.165) is 0 Å². The summed E-state index contributed by atoms with van der Waals surface area (Å²) in [6.07, 6.45) is 0. The van der Waals surface area contributed by atoms with Crippen LogP contribution in [0.25, 0.3) is 0 Å². The Hall–Kier alpha value is -3.15. The van der Waals surface area contributed by atoms with E-state index in [9.17, 15) is 14.0 Å². The molecule has 1 heterocycles. The predicted molar refractivity (Wildman–Crippen MR) is 88.5 cm³/mol. The molecule has 1 unspecified atom stereocenters. The Morgan fingerprint density at radius 3 is 2.33 bits per heavy atom. The zero-order valence-corrected chi connectivity index (χ0v) is 13.0. The van der Waals surface area contributed by atoms with Gasteiger partial charge in [0, 0.05) is 5.70 Å². The maximum absolute atomic E-state index is 13.1. The number of carbonyl (C=O) groups excluding carboxylic acids is 2. The lowest BCUT2D eigenvalue weighted by Gasteiger charge is -2.35. The quantitative estimate of drug-likeness (QED) is 0.910. The molecule has 0 saturated heterocycles. The first-order chi connectivity index (χ1) is 11.5. The topological polar surface area (TPSA) is 75.4 Å². The van der Waals surface area contributed by atoms with Crippen LogP contribution in [0.1, 0.15) is 18.5 Å². The Morgan fingerprint density at radius 2 is 1.75 bits per heavy atom. The van der Waals surface area contributed by atoms with Crippen molar-refractivity contribution in [2.45, 2.75) is 13.0 Å². The van der Waals surface area contributed by atoms with Crippen LogP contribution in [0.15, 0.2) is 65.9 Å². The second-order valence-corrected chi connectivity index (χ2v) is 5.47. The highest BCUT2D eigenvalue weighted by atomic mass is 19.1. The van der Waals surface area contributed by atoms with Gasteiger partial charge in [-0.15, -0.1) is 0 Å². The van der Waals surface area contributed by atoms with Gasteiger partial charge in [0.2, 0.25) is 5.91 Å². The van der Waals surface area contributed by atoms with Gasteiger partial charge >= 0.3 is 6.03 Å². The summed E-state index contributed by atoms with van der Waals surface area (Å²) < 4.78 is 13.1. The Balaban J connectivity index is 2.11. The van der Waals surface area contributed by atoms with Crippen molar-refractivity contribution in [3.63, 3.8) is 0 Å². The summed E-state index contributed by atoms with van der Waals surface area (Å²) in [7, 11) is 0. The first-order valence-corrected chi connectivity index (χ1v) is 7.40. The first kappa shape index (κ1) is 15.7.